The number of hydrogen-bond donors (Lipinski definition) is 1. The first-order valence-electron chi connectivity index (χ1n) is 5.65. The molecule has 0 spiro atoms. The van der Waals surface area contributed by atoms with Gasteiger partial charge in [-0.25, -0.2) is 0 Å². The summed E-state index contributed by atoms with van der Waals surface area (Å²) in [5.74, 6) is 0.274. The number of alkyl halides is 1. The molecule has 0 bridgehead atoms. The van der Waals surface area contributed by atoms with Gasteiger partial charge in [0.05, 0.1) is 6.42 Å². The lowest BCUT2D eigenvalue weighted by Gasteiger charge is -2.18. The summed E-state index contributed by atoms with van der Waals surface area (Å²) in [7, 11) is 1.81. The van der Waals surface area contributed by atoms with Gasteiger partial charge in [0, 0.05) is 18.4 Å². The number of phenols is 1. The van der Waals surface area contributed by atoms with E-state index in [4.69, 9.17) is 0 Å². The maximum Gasteiger partial charge on any atom is 0.226 e. The molecular formula is C13H18BrNO2. The number of phenolic OH excluding ortho intramolecular Hbond substituents is 1. The Kier molecular flexibility index (Phi) is 5.48. The van der Waals surface area contributed by atoms with Crippen LogP contribution in [-0.2, 0) is 11.2 Å². The molecule has 0 fully saturated rings. The summed E-state index contributed by atoms with van der Waals surface area (Å²) in [4.78, 5) is 14.0. The van der Waals surface area contributed by atoms with Crippen LogP contribution in [0.1, 0.15) is 18.9 Å². The lowest BCUT2D eigenvalue weighted by molar-refractivity contribution is -0.129. The zero-order valence-electron chi connectivity index (χ0n) is 10.2. The molecule has 4 heteroatoms. The minimum atomic E-state index is 0.0729. The van der Waals surface area contributed by atoms with E-state index in [1.165, 1.54) is 0 Å². The second-order valence-electron chi connectivity index (χ2n) is 4.23. The molecule has 0 aliphatic heterocycles. The van der Waals surface area contributed by atoms with Crippen molar-refractivity contribution in [3.05, 3.63) is 29.8 Å². The van der Waals surface area contributed by atoms with Crippen LogP contribution >= 0.6 is 15.9 Å². The first kappa shape index (κ1) is 14.0. The molecular weight excluding hydrogens is 282 g/mol. The SMILES string of the molecule is CC(Br)CCN(C)C(=O)Cc1cccc(O)c1. The summed E-state index contributed by atoms with van der Waals surface area (Å²) in [6.07, 6.45) is 1.27. The Bertz CT molecular complexity index is 379. The molecule has 94 valence electrons. The Labute approximate surface area is 111 Å². The van der Waals surface area contributed by atoms with E-state index in [1.54, 1.807) is 30.1 Å². The number of halogens is 1. The van der Waals surface area contributed by atoms with Gasteiger partial charge in [-0.3, -0.25) is 4.79 Å². The zero-order chi connectivity index (χ0) is 12.8. The van der Waals surface area contributed by atoms with E-state index in [0.717, 1.165) is 18.5 Å². The van der Waals surface area contributed by atoms with E-state index < -0.39 is 0 Å². The summed E-state index contributed by atoms with van der Waals surface area (Å²) in [5, 5.41) is 9.31. The molecule has 0 aromatic heterocycles. The molecule has 1 aromatic carbocycles. The molecule has 3 nitrogen and oxygen atoms in total. The largest absolute Gasteiger partial charge is 0.508 e. The molecule has 0 saturated heterocycles. The standard InChI is InChI=1S/C13H18BrNO2/c1-10(14)6-7-15(2)13(17)9-11-4-3-5-12(16)8-11/h3-5,8,10,16H,6-7,9H2,1-2H3. The van der Waals surface area contributed by atoms with Crippen LogP contribution < -0.4 is 0 Å². The first-order chi connectivity index (χ1) is 7.99. The fraction of sp³-hybridized carbons (Fsp3) is 0.462. The predicted octanol–water partition coefficient (Wildman–Crippen LogP) is 2.57. The van der Waals surface area contributed by atoms with Gasteiger partial charge in [-0.1, -0.05) is 35.0 Å². The Morgan fingerprint density at radius 1 is 1.53 bits per heavy atom. The molecule has 0 saturated carbocycles. The van der Waals surface area contributed by atoms with Crippen molar-refractivity contribution in [2.75, 3.05) is 13.6 Å². The summed E-state index contributed by atoms with van der Waals surface area (Å²) >= 11 is 3.46. The molecule has 0 radical (unpaired) electrons. The van der Waals surface area contributed by atoms with Gasteiger partial charge in [0.1, 0.15) is 5.75 Å². The fourth-order valence-electron chi connectivity index (χ4n) is 1.47. The highest BCUT2D eigenvalue weighted by atomic mass is 79.9. The van der Waals surface area contributed by atoms with E-state index in [9.17, 15) is 9.90 Å². The topological polar surface area (TPSA) is 40.5 Å². The van der Waals surface area contributed by atoms with Gasteiger partial charge in [-0.2, -0.15) is 0 Å². The molecule has 0 aliphatic rings. The highest BCUT2D eigenvalue weighted by Gasteiger charge is 2.10. The number of aromatic hydroxyl groups is 1. The number of carbonyl (C=O) groups excluding carboxylic acids is 1. The Morgan fingerprint density at radius 2 is 2.24 bits per heavy atom. The van der Waals surface area contributed by atoms with Gasteiger partial charge < -0.3 is 10.0 Å². The van der Waals surface area contributed by atoms with Crippen molar-refractivity contribution in [1.82, 2.24) is 4.90 Å². The summed E-state index contributed by atoms with van der Waals surface area (Å²) in [6, 6.07) is 6.82. The van der Waals surface area contributed by atoms with Gasteiger partial charge in [0.2, 0.25) is 5.91 Å². The minimum absolute atomic E-state index is 0.0729. The van der Waals surface area contributed by atoms with Gasteiger partial charge >= 0.3 is 0 Å². The molecule has 1 unspecified atom stereocenters. The van der Waals surface area contributed by atoms with Crippen LogP contribution in [-0.4, -0.2) is 34.3 Å². The second-order valence-corrected chi connectivity index (χ2v) is 5.79. The number of nitrogens with zero attached hydrogens (tertiary/aromatic N) is 1. The molecule has 1 atom stereocenters. The summed E-state index contributed by atoms with van der Waals surface area (Å²) in [5.41, 5.74) is 0.841. The van der Waals surface area contributed by atoms with Crippen LogP contribution in [0, 0.1) is 0 Å². The third-order valence-corrected chi connectivity index (χ3v) is 3.01. The van der Waals surface area contributed by atoms with Crippen molar-refractivity contribution >= 4 is 21.8 Å². The highest BCUT2D eigenvalue weighted by Crippen LogP contribution is 2.12. The molecule has 1 amide bonds. The Morgan fingerprint density at radius 3 is 2.82 bits per heavy atom. The predicted molar refractivity (Wildman–Crippen MR) is 72.5 cm³/mol. The van der Waals surface area contributed by atoms with Crippen molar-refractivity contribution in [2.24, 2.45) is 0 Å². The van der Waals surface area contributed by atoms with Crippen LogP contribution in [0.5, 0.6) is 5.75 Å². The van der Waals surface area contributed by atoms with E-state index >= 15 is 0 Å². The quantitative estimate of drug-likeness (QED) is 0.849. The zero-order valence-corrected chi connectivity index (χ0v) is 11.8. The normalized spacial score (nSPS) is 12.2. The highest BCUT2D eigenvalue weighted by molar-refractivity contribution is 9.09. The van der Waals surface area contributed by atoms with Crippen molar-refractivity contribution in [2.45, 2.75) is 24.6 Å². The average molecular weight is 300 g/mol. The van der Waals surface area contributed by atoms with Crippen LogP contribution in [0.2, 0.25) is 0 Å². The average Bonchev–Trinajstić information content (AvgIpc) is 2.25. The lowest BCUT2D eigenvalue weighted by atomic mass is 10.1. The smallest absolute Gasteiger partial charge is 0.226 e. The Hall–Kier alpha value is -1.03. The van der Waals surface area contributed by atoms with Crippen molar-refractivity contribution in [3.63, 3.8) is 0 Å². The lowest BCUT2D eigenvalue weighted by Crippen LogP contribution is -2.30. The molecule has 0 heterocycles. The van der Waals surface area contributed by atoms with Crippen molar-refractivity contribution < 1.29 is 9.90 Å². The maximum atomic E-state index is 11.9. The Balaban J connectivity index is 2.48. The number of benzene rings is 1. The molecule has 1 N–H and O–H groups in total. The molecule has 17 heavy (non-hydrogen) atoms. The van der Waals surface area contributed by atoms with E-state index in [1.807, 2.05) is 6.07 Å². The van der Waals surface area contributed by atoms with Gasteiger partial charge in [0.15, 0.2) is 0 Å². The minimum Gasteiger partial charge on any atom is -0.508 e. The van der Waals surface area contributed by atoms with Crippen molar-refractivity contribution in [3.8, 4) is 5.75 Å². The van der Waals surface area contributed by atoms with Crippen LogP contribution in [0.15, 0.2) is 24.3 Å². The fourth-order valence-corrected chi connectivity index (χ4v) is 1.68. The van der Waals surface area contributed by atoms with E-state index in [0.29, 0.717) is 11.2 Å². The van der Waals surface area contributed by atoms with Gasteiger partial charge in [0.25, 0.3) is 0 Å². The second kappa shape index (κ2) is 6.64. The van der Waals surface area contributed by atoms with Crippen LogP contribution in [0.25, 0.3) is 0 Å². The van der Waals surface area contributed by atoms with Gasteiger partial charge in [-0.05, 0) is 24.1 Å². The van der Waals surface area contributed by atoms with E-state index in [-0.39, 0.29) is 11.7 Å². The molecule has 0 aliphatic carbocycles. The summed E-state index contributed by atoms with van der Waals surface area (Å²) < 4.78 is 0. The first-order valence-corrected chi connectivity index (χ1v) is 6.56. The maximum absolute atomic E-state index is 11.9. The number of amides is 1. The van der Waals surface area contributed by atoms with Crippen LogP contribution in [0.3, 0.4) is 0 Å². The van der Waals surface area contributed by atoms with E-state index in [2.05, 4.69) is 22.9 Å². The molecule has 1 rings (SSSR count). The van der Waals surface area contributed by atoms with Crippen LogP contribution in [0.4, 0.5) is 0 Å². The number of carbonyl (C=O) groups is 1. The number of hydrogen-bond acceptors (Lipinski definition) is 2. The third-order valence-electron chi connectivity index (χ3n) is 2.55. The van der Waals surface area contributed by atoms with Gasteiger partial charge in [-0.15, -0.1) is 0 Å². The molecule has 1 aromatic rings. The summed E-state index contributed by atoms with van der Waals surface area (Å²) in [6.45, 7) is 2.80. The number of likely N-dealkylation sites (N-methyl/N-ethyl adjacent to an activating group) is 1. The van der Waals surface area contributed by atoms with Crippen molar-refractivity contribution in [1.29, 1.82) is 0 Å². The third kappa shape index (κ3) is 5.22. The monoisotopic (exact) mass is 299 g/mol. The number of rotatable bonds is 5.